The Kier molecular flexibility index (Phi) is 2.97. The summed E-state index contributed by atoms with van der Waals surface area (Å²) >= 11 is 3.20. The highest BCUT2D eigenvalue weighted by Crippen LogP contribution is 2.14. The molecule has 0 spiro atoms. The zero-order valence-corrected chi connectivity index (χ0v) is 10.9. The lowest BCUT2D eigenvalue weighted by Crippen LogP contribution is -2.15. The predicted octanol–water partition coefficient (Wildman–Crippen LogP) is 0.819. The summed E-state index contributed by atoms with van der Waals surface area (Å²) in [6.45, 7) is 3.87. The molecular formula is C9H11BrN6O. The van der Waals surface area contributed by atoms with Crippen LogP contribution in [0.4, 0.5) is 5.95 Å². The quantitative estimate of drug-likeness (QED) is 0.854. The standard InChI is InChI=1S/C9H11BrN6O/c1-4(2)7-12-5(3-6(17)13-7)16-8(10)14-9(11)15-16/h3-4H,1-2H3,(H2,11,15)(H,12,13,17). The van der Waals surface area contributed by atoms with Gasteiger partial charge in [0.1, 0.15) is 5.82 Å². The van der Waals surface area contributed by atoms with Gasteiger partial charge >= 0.3 is 0 Å². The number of rotatable bonds is 2. The third-order valence-corrected chi connectivity index (χ3v) is 2.61. The highest BCUT2D eigenvalue weighted by molar-refractivity contribution is 9.10. The molecule has 0 radical (unpaired) electrons. The largest absolute Gasteiger partial charge is 0.366 e. The monoisotopic (exact) mass is 298 g/mol. The number of nitrogens with zero attached hydrogens (tertiary/aromatic N) is 4. The van der Waals surface area contributed by atoms with Gasteiger partial charge in [-0.1, -0.05) is 13.8 Å². The van der Waals surface area contributed by atoms with Crippen LogP contribution in [0.3, 0.4) is 0 Å². The van der Waals surface area contributed by atoms with Crippen LogP contribution in [0, 0.1) is 0 Å². The average molecular weight is 299 g/mol. The van der Waals surface area contributed by atoms with Gasteiger partial charge in [-0.15, -0.1) is 5.10 Å². The van der Waals surface area contributed by atoms with Gasteiger partial charge in [-0.3, -0.25) is 4.79 Å². The van der Waals surface area contributed by atoms with E-state index < -0.39 is 0 Å². The van der Waals surface area contributed by atoms with Gasteiger partial charge in [-0.2, -0.15) is 9.67 Å². The van der Waals surface area contributed by atoms with Crippen LogP contribution in [-0.4, -0.2) is 24.7 Å². The van der Waals surface area contributed by atoms with Crippen molar-refractivity contribution < 1.29 is 0 Å². The molecule has 0 amide bonds. The van der Waals surface area contributed by atoms with Gasteiger partial charge < -0.3 is 10.7 Å². The number of nitrogens with one attached hydrogen (secondary N) is 1. The number of hydrogen-bond acceptors (Lipinski definition) is 5. The molecule has 2 rings (SSSR count). The molecule has 0 bridgehead atoms. The summed E-state index contributed by atoms with van der Waals surface area (Å²) in [6, 6.07) is 1.34. The van der Waals surface area contributed by atoms with Crippen molar-refractivity contribution in [3.63, 3.8) is 0 Å². The Bertz CT molecular complexity index is 602. The van der Waals surface area contributed by atoms with E-state index in [-0.39, 0.29) is 17.4 Å². The first-order valence-electron chi connectivity index (χ1n) is 4.97. The molecule has 0 saturated carbocycles. The maximum atomic E-state index is 11.5. The summed E-state index contributed by atoms with van der Waals surface area (Å²) in [5.74, 6) is 1.20. The highest BCUT2D eigenvalue weighted by atomic mass is 79.9. The molecule has 0 aromatic carbocycles. The summed E-state index contributed by atoms with van der Waals surface area (Å²) in [7, 11) is 0. The molecule has 2 aromatic heterocycles. The summed E-state index contributed by atoms with van der Waals surface area (Å²) in [5, 5.41) is 3.94. The number of aromatic nitrogens is 5. The van der Waals surface area contributed by atoms with Crippen molar-refractivity contribution in [3.05, 3.63) is 27.0 Å². The van der Waals surface area contributed by atoms with Gasteiger partial charge in [0, 0.05) is 12.0 Å². The first-order chi connectivity index (χ1) is 7.97. The summed E-state index contributed by atoms with van der Waals surface area (Å²) in [4.78, 5) is 22.4. The minimum Gasteiger partial charge on any atom is -0.366 e. The van der Waals surface area contributed by atoms with E-state index in [2.05, 4.69) is 36.0 Å². The van der Waals surface area contributed by atoms with Crippen LogP contribution >= 0.6 is 15.9 Å². The topological polar surface area (TPSA) is 102 Å². The molecule has 8 heteroatoms. The van der Waals surface area contributed by atoms with Crippen LogP contribution in [0.15, 0.2) is 15.6 Å². The second-order valence-electron chi connectivity index (χ2n) is 3.79. The van der Waals surface area contributed by atoms with E-state index in [0.717, 1.165) is 0 Å². The molecule has 0 saturated heterocycles. The normalized spacial score (nSPS) is 11.1. The van der Waals surface area contributed by atoms with Crippen molar-refractivity contribution in [2.75, 3.05) is 5.73 Å². The minimum atomic E-state index is -0.236. The number of aromatic amines is 1. The van der Waals surface area contributed by atoms with Crippen LogP contribution in [0.2, 0.25) is 0 Å². The fourth-order valence-electron chi connectivity index (χ4n) is 1.30. The number of halogens is 1. The van der Waals surface area contributed by atoms with Crippen molar-refractivity contribution in [2.45, 2.75) is 19.8 Å². The van der Waals surface area contributed by atoms with E-state index in [1.54, 1.807) is 0 Å². The van der Waals surface area contributed by atoms with Crippen molar-refractivity contribution >= 4 is 21.9 Å². The van der Waals surface area contributed by atoms with Crippen LogP contribution in [0.5, 0.6) is 0 Å². The number of hydrogen-bond donors (Lipinski definition) is 2. The Labute approximate surface area is 105 Å². The molecular weight excluding hydrogens is 288 g/mol. The van der Waals surface area contributed by atoms with E-state index in [1.165, 1.54) is 10.7 Å². The van der Waals surface area contributed by atoms with E-state index in [0.29, 0.717) is 16.4 Å². The zero-order chi connectivity index (χ0) is 12.6. The van der Waals surface area contributed by atoms with Crippen LogP contribution in [0.1, 0.15) is 25.6 Å². The molecule has 0 unspecified atom stereocenters. The van der Waals surface area contributed by atoms with Crippen LogP contribution in [-0.2, 0) is 0 Å². The van der Waals surface area contributed by atoms with Gasteiger partial charge in [0.05, 0.1) is 0 Å². The van der Waals surface area contributed by atoms with Crippen LogP contribution < -0.4 is 11.3 Å². The van der Waals surface area contributed by atoms with Gasteiger partial charge in [0.25, 0.3) is 5.56 Å². The molecule has 2 heterocycles. The second kappa shape index (κ2) is 4.28. The van der Waals surface area contributed by atoms with Gasteiger partial charge in [0.15, 0.2) is 5.82 Å². The molecule has 2 aromatic rings. The Morgan fingerprint density at radius 1 is 1.47 bits per heavy atom. The molecule has 0 aliphatic rings. The zero-order valence-electron chi connectivity index (χ0n) is 9.31. The molecule has 90 valence electrons. The number of H-pyrrole nitrogens is 1. The third-order valence-electron chi connectivity index (χ3n) is 2.09. The lowest BCUT2D eigenvalue weighted by molar-refractivity contribution is 0.733. The summed E-state index contributed by atoms with van der Waals surface area (Å²) in [5.41, 5.74) is 5.23. The van der Waals surface area contributed by atoms with Gasteiger partial charge in [-0.25, -0.2) is 4.98 Å². The SMILES string of the molecule is CC(C)c1nc(-n2nc(N)nc2Br)cc(=O)[nH]1. The van der Waals surface area contributed by atoms with Crippen molar-refractivity contribution in [2.24, 2.45) is 0 Å². The number of nitrogen functional groups attached to an aromatic ring is 1. The summed E-state index contributed by atoms with van der Waals surface area (Å²) in [6.07, 6.45) is 0. The molecule has 3 N–H and O–H groups in total. The van der Waals surface area contributed by atoms with E-state index in [4.69, 9.17) is 5.73 Å². The van der Waals surface area contributed by atoms with E-state index in [1.807, 2.05) is 13.8 Å². The minimum absolute atomic E-state index is 0.113. The smallest absolute Gasteiger partial charge is 0.253 e. The lowest BCUT2D eigenvalue weighted by Gasteiger charge is -2.06. The number of anilines is 1. The Morgan fingerprint density at radius 2 is 2.18 bits per heavy atom. The van der Waals surface area contributed by atoms with Crippen molar-refractivity contribution in [1.29, 1.82) is 0 Å². The van der Waals surface area contributed by atoms with E-state index in [9.17, 15) is 4.79 Å². The molecule has 0 fully saturated rings. The average Bonchev–Trinajstić information content (AvgIpc) is 2.57. The summed E-state index contributed by atoms with van der Waals surface area (Å²) < 4.78 is 1.78. The van der Waals surface area contributed by atoms with Crippen molar-refractivity contribution in [1.82, 2.24) is 24.7 Å². The molecule has 7 nitrogen and oxygen atoms in total. The predicted molar refractivity (Wildman–Crippen MR) is 66.0 cm³/mol. The van der Waals surface area contributed by atoms with Gasteiger partial charge in [0.2, 0.25) is 10.7 Å². The number of nitrogens with two attached hydrogens (primary N) is 1. The van der Waals surface area contributed by atoms with E-state index >= 15 is 0 Å². The fourth-order valence-corrected chi connectivity index (χ4v) is 1.74. The molecule has 17 heavy (non-hydrogen) atoms. The van der Waals surface area contributed by atoms with Crippen molar-refractivity contribution in [3.8, 4) is 5.82 Å². The second-order valence-corrected chi connectivity index (χ2v) is 4.50. The highest BCUT2D eigenvalue weighted by Gasteiger charge is 2.11. The van der Waals surface area contributed by atoms with Crippen LogP contribution in [0.25, 0.3) is 5.82 Å². The maximum Gasteiger partial charge on any atom is 0.253 e. The molecule has 0 aliphatic heterocycles. The third kappa shape index (κ3) is 2.36. The Balaban J connectivity index is 2.60. The fraction of sp³-hybridized carbons (Fsp3) is 0.333. The Morgan fingerprint density at radius 3 is 2.71 bits per heavy atom. The first kappa shape index (κ1) is 11.8. The molecule has 0 aliphatic carbocycles. The Hall–Kier alpha value is -1.70. The molecule has 0 atom stereocenters. The maximum absolute atomic E-state index is 11.5. The lowest BCUT2D eigenvalue weighted by atomic mass is 10.2. The first-order valence-corrected chi connectivity index (χ1v) is 5.76. The van der Waals surface area contributed by atoms with Gasteiger partial charge in [-0.05, 0) is 15.9 Å².